The van der Waals surface area contributed by atoms with Gasteiger partial charge in [0.15, 0.2) is 0 Å². The van der Waals surface area contributed by atoms with Crippen LogP contribution in [0.1, 0.15) is 34.8 Å². The van der Waals surface area contributed by atoms with Crippen molar-refractivity contribution in [1.82, 2.24) is 20.0 Å². The predicted molar refractivity (Wildman–Crippen MR) is 124 cm³/mol. The van der Waals surface area contributed by atoms with Crippen LogP contribution in [0.15, 0.2) is 54.6 Å². The number of rotatable bonds is 10. The van der Waals surface area contributed by atoms with Gasteiger partial charge in [-0.1, -0.05) is 49.4 Å². The Morgan fingerprint density at radius 2 is 1.60 bits per heavy atom. The molecule has 1 N–H and O–H groups in total. The number of nitrogens with one attached hydrogen (secondary N) is 1. The predicted octanol–water partition coefficient (Wildman–Crippen LogP) is 3.08. The molecule has 0 bridgehead atoms. The molecule has 2 aromatic rings. The average Bonchev–Trinajstić information content (AvgIpc) is 2.77. The van der Waals surface area contributed by atoms with Gasteiger partial charge in [0.25, 0.3) is 5.91 Å². The molecule has 1 amide bonds. The first-order valence-electron chi connectivity index (χ1n) is 11.2. The molecule has 1 aliphatic rings. The van der Waals surface area contributed by atoms with Gasteiger partial charge in [-0.2, -0.15) is 0 Å². The van der Waals surface area contributed by atoms with Crippen LogP contribution in [-0.4, -0.2) is 73.5 Å². The molecule has 0 atom stereocenters. The van der Waals surface area contributed by atoms with E-state index in [2.05, 4.69) is 64.3 Å². The van der Waals surface area contributed by atoms with Crippen molar-refractivity contribution < 1.29 is 4.79 Å². The Balaban J connectivity index is 1.39. The van der Waals surface area contributed by atoms with Crippen LogP contribution in [-0.2, 0) is 13.1 Å². The van der Waals surface area contributed by atoms with Crippen LogP contribution in [0.5, 0.6) is 0 Å². The molecule has 30 heavy (non-hydrogen) atoms. The van der Waals surface area contributed by atoms with Gasteiger partial charge in [0.2, 0.25) is 0 Å². The van der Waals surface area contributed by atoms with Crippen LogP contribution < -0.4 is 5.32 Å². The fourth-order valence-corrected chi connectivity index (χ4v) is 4.01. The normalized spacial score (nSPS) is 15.4. The van der Waals surface area contributed by atoms with Crippen LogP contribution in [0.2, 0.25) is 0 Å². The minimum atomic E-state index is 0.0263. The number of carbonyl (C=O) groups is 1. The summed E-state index contributed by atoms with van der Waals surface area (Å²) in [5, 5.41) is 3.09. The number of hydrogen-bond donors (Lipinski definition) is 1. The number of likely N-dealkylation sites (N-methyl/N-ethyl adjacent to an activating group) is 1. The monoisotopic (exact) mass is 408 g/mol. The number of piperazine rings is 1. The van der Waals surface area contributed by atoms with Crippen LogP contribution in [0.4, 0.5) is 0 Å². The Kier molecular flexibility index (Phi) is 8.87. The Bertz CT molecular complexity index is 772. The van der Waals surface area contributed by atoms with E-state index in [1.807, 2.05) is 24.3 Å². The first kappa shape index (κ1) is 22.5. The summed E-state index contributed by atoms with van der Waals surface area (Å²) in [5.74, 6) is 0.0263. The lowest BCUT2D eigenvalue weighted by Crippen LogP contribution is -2.46. The zero-order valence-electron chi connectivity index (χ0n) is 18.5. The molecule has 1 heterocycles. The third-order valence-electron chi connectivity index (χ3n) is 5.79. The molecule has 2 aromatic carbocycles. The maximum atomic E-state index is 12.6. The first-order valence-corrected chi connectivity index (χ1v) is 11.2. The van der Waals surface area contributed by atoms with Crippen LogP contribution in [0.25, 0.3) is 0 Å². The summed E-state index contributed by atoms with van der Waals surface area (Å²) < 4.78 is 0. The van der Waals surface area contributed by atoms with Gasteiger partial charge >= 0.3 is 0 Å². The summed E-state index contributed by atoms with van der Waals surface area (Å²) in [4.78, 5) is 19.8. The van der Waals surface area contributed by atoms with Crippen molar-refractivity contribution in [2.45, 2.75) is 26.4 Å². The zero-order valence-corrected chi connectivity index (χ0v) is 18.5. The van der Waals surface area contributed by atoms with Gasteiger partial charge in [-0.25, -0.2) is 0 Å². The van der Waals surface area contributed by atoms with Gasteiger partial charge in [-0.15, -0.1) is 0 Å². The fraction of sp³-hybridized carbons (Fsp3) is 0.480. The van der Waals surface area contributed by atoms with Gasteiger partial charge in [0.05, 0.1) is 0 Å². The second-order valence-electron chi connectivity index (χ2n) is 8.24. The van der Waals surface area contributed by atoms with Crippen LogP contribution in [0, 0.1) is 0 Å². The number of amides is 1. The molecule has 0 spiro atoms. The summed E-state index contributed by atoms with van der Waals surface area (Å²) in [7, 11) is 2.11. The van der Waals surface area contributed by atoms with Crippen molar-refractivity contribution in [3.05, 3.63) is 71.3 Å². The number of nitrogens with zero attached hydrogens (tertiary/aromatic N) is 3. The zero-order chi connectivity index (χ0) is 21.2. The van der Waals surface area contributed by atoms with E-state index in [0.717, 1.165) is 76.5 Å². The Hall–Kier alpha value is -2.21. The van der Waals surface area contributed by atoms with Crippen molar-refractivity contribution in [3.8, 4) is 0 Å². The van der Waals surface area contributed by atoms with Crippen molar-refractivity contribution >= 4 is 5.91 Å². The van der Waals surface area contributed by atoms with E-state index in [4.69, 9.17) is 0 Å². The third kappa shape index (κ3) is 7.24. The summed E-state index contributed by atoms with van der Waals surface area (Å²) >= 11 is 0. The summed E-state index contributed by atoms with van der Waals surface area (Å²) in [6.45, 7) is 11.5. The van der Waals surface area contributed by atoms with E-state index >= 15 is 0 Å². The third-order valence-corrected chi connectivity index (χ3v) is 5.79. The Morgan fingerprint density at radius 1 is 0.933 bits per heavy atom. The highest BCUT2D eigenvalue weighted by Gasteiger charge is 2.15. The molecule has 0 unspecified atom stereocenters. The maximum absolute atomic E-state index is 12.6. The van der Waals surface area contributed by atoms with Gasteiger partial charge in [0.1, 0.15) is 0 Å². The number of hydrogen-bond acceptors (Lipinski definition) is 4. The standard InChI is InChI=1S/C25H36N4O/c1-3-28-15-17-29(18-16-28)14-8-13-26-25(30)24-12-7-11-23(19-24)21-27(2)20-22-9-5-4-6-10-22/h4-7,9-12,19H,3,8,13-18,20-21H2,1-2H3,(H,26,30). The second-order valence-corrected chi connectivity index (χ2v) is 8.24. The van der Waals surface area contributed by atoms with Gasteiger partial charge in [-0.3, -0.25) is 9.69 Å². The molecule has 3 rings (SSSR count). The Morgan fingerprint density at radius 3 is 2.33 bits per heavy atom. The lowest BCUT2D eigenvalue weighted by molar-refractivity contribution is 0.0948. The first-order chi connectivity index (χ1) is 14.6. The molecule has 0 aromatic heterocycles. The molecule has 5 heteroatoms. The van der Waals surface area contributed by atoms with Crippen molar-refractivity contribution in [2.24, 2.45) is 0 Å². The molecule has 162 valence electrons. The van der Waals surface area contributed by atoms with Crippen LogP contribution >= 0.6 is 0 Å². The largest absolute Gasteiger partial charge is 0.352 e. The van der Waals surface area contributed by atoms with Crippen LogP contribution in [0.3, 0.4) is 0 Å². The molecule has 1 aliphatic heterocycles. The van der Waals surface area contributed by atoms with E-state index < -0.39 is 0 Å². The molecule has 1 saturated heterocycles. The second kappa shape index (κ2) is 11.8. The smallest absolute Gasteiger partial charge is 0.251 e. The van der Waals surface area contributed by atoms with Crippen molar-refractivity contribution in [3.63, 3.8) is 0 Å². The summed E-state index contributed by atoms with van der Waals surface area (Å²) in [6, 6.07) is 18.5. The lowest BCUT2D eigenvalue weighted by Gasteiger charge is -2.33. The van der Waals surface area contributed by atoms with Crippen molar-refractivity contribution in [1.29, 1.82) is 0 Å². The fourth-order valence-electron chi connectivity index (χ4n) is 4.01. The highest BCUT2D eigenvalue weighted by molar-refractivity contribution is 5.94. The van der Waals surface area contributed by atoms with E-state index in [1.54, 1.807) is 0 Å². The number of carbonyl (C=O) groups excluding carboxylic acids is 1. The van der Waals surface area contributed by atoms with Gasteiger partial charge in [-0.05, 0) is 49.8 Å². The molecule has 1 fully saturated rings. The summed E-state index contributed by atoms with van der Waals surface area (Å²) in [6.07, 6.45) is 0.997. The van der Waals surface area contributed by atoms with E-state index in [9.17, 15) is 4.79 Å². The Labute approximate surface area is 181 Å². The molecule has 0 saturated carbocycles. The molecule has 0 aliphatic carbocycles. The van der Waals surface area contributed by atoms with E-state index in [0.29, 0.717) is 0 Å². The van der Waals surface area contributed by atoms with Gasteiger partial charge in [0, 0.05) is 51.4 Å². The minimum absolute atomic E-state index is 0.0263. The highest BCUT2D eigenvalue weighted by atomic mass is 16.1. The topological polar surface area (TPSA) is 38.8 Å². The molecule has 0 radical (unpaired) electrons. The molecular formula is C25H36N4O. The van der Waals surface area contributed by atoms with Gasteiger partial charge < -0.3 is 15.1 Å². The molecular weight excluding hydrogens is 372 g/mol. The van der Waals surface area contributed by atoms with Crippen molar-refractivity contribution in [2.75, 3.05) is 52.9 Å². The number of benzene rings is 2. The molecule has 5 nitrogen and oxygen atoms in total. The average molecular weight is 409 g/mol. The lowest BCUT2D eigenvalue weighted by atomic mass is 10.1. The minimum Gasteiger partial charge on any atom is -0.352 e. The quantitative estimate of drug-likeness (QED) is 0.613. The SMILES string of the molecule is CCN1CCN(CCCNC(=O)c2cccc(CN(C)Cc3ccccc3)c2)CC1. The van der Waals surface area contributed by atoms with E-state index in [1.165, 1.54) is 5.56 Å². The maximum Gasteiger partial charge on any atom is 0.251 e. The van der Waals surface area contributed by atoms with E-state index in [-0.39, 0.29) is 5.91 Å². The summed E-state index contributed by atoms with van der Waals surface area (Å²) in [5.41, 5.74) is 3.21. The highest BCUT2D eigenvalue weighted by Crippen LogP contribution is 2.11.